The first kappa shape index (κ1) is 31.9. The molecule has 0 N–H and O–H groups in total. The second-order valence-corrected chi connectivity index (χ2v) is 15.5. The molecule has 0 aromatic heterocycles. The Balaban J connectivity index is 1.70. The average molecular weight is 789 g/mol. The van der Waals surface area contributed by atoms with Crippen molar-refractivity contribution in [2.45, 2.75) is 33.1 Å². The molecule has 2 heteroatoms. The SMILES string of the molecule is CC=C1CCCC1=CC(/C=C/c1ccc(/C=C/C)c2ccccc12)=C([C]#[Os])[P+](c1ccccc1)(c1ccccc1)c1ccccc1. The van der Waals surface area contributed by atoms with Gasteiger partial charge in [-0.25, -0.2) is 0 Å². The number of allylic oxidation sites excluding steroid dienone is 8. The third-order valence-electron chi connectivity index (χ3n) is 8.89. The Labute approximate surface area is 285 Å². The zero-order valence-corrected chi connectivity index (χ0v) is 29.9. The Kier molecular flexibility index (Phi) is 10.4. The van der Waals surface area contributed by atoms with E-state index in [1.165, 1.54) is 66.3 Å². The van der Waals surface area contributed by atoms with Crippen LogP contribution in [0.4, 0.5) is 0 Å². The summed E-state index contributed by atoms with van der Waals surface area (Å²) in [5, 5.41) is 7.82. The Morgan fingerprint density at radius 3 is 1.57 bits per heavy atom. The molecule has 6 rings (SSSR count). The normalized spacial score (nSPS) is 16.0. The Morgan fingerprint density at radius 2 is 1.09 bits per heavy atom. The molecule has 0 heterocycles. The molecule has 1 aliphatic carbocycles. The summed E-state index contributed by atoms with van der Waals surface area (Å²) in [7, 11) is -2.34. The summed E-state index contributed by atoms with van der Waals surface area (Å²) in [4.78, 5) is 0. The van der Waals surface area contributed by atoms with Gasteiger partial charge in [-0.2, -0.15) is 0 Å². The second-order valence-electron chi connectivity index (χ2n) is 11.5. The molecule has 227 valence electrons. The molecule has 0 bridgehead atoms. The zero-order chi connectivity index (χ0) is 31.8. The van der Waals surface area contributed by atoms with E-state index in [-0.39, 0.29) is 0 Å². The molecule has 0 aliphatic heterocycles. The van der Waals surface area contributed by atoms with Crippen LogP contribution in [-0.2, 0) is 17.9 Å². The zero-order valence-electron chi connectivity index (χ0n) is 26.5. The van der Waals surface area contributed by atoms with Crippen LogP contribution < -0.4 is 15.9 Å². The molecule has 1 fully saturated rings. The summed E-state index contributed by atoms with van der Waals surface area (Å²) in [6.07, 6.45) is 17.2. The van der Waals surface area contributed by atoms with Crippen molar-refractivity contribution in [2.75, 3.05) is 0 Å². The van der Waals surface area contributed by atoms with Crippen LogP contribution >= 0.6 is 7.26 Å². The first-order valence-electron chi connectivity index (χ1n) is 16.1. The maximum atomic E-state index is 3.88. The van der Waals surface area contributed by atoms with Gasteiger partial charge in [-0.15, -0.1) is 0 Å². The van der Waals surface area contributed by atoms with Crippen LogP contribution in [0.5, 0.6) is 0 Å². The summed E-state index contributed by atoms with van der Waals surface area (Å²) in [6, 6.07) is 46.7. The van der Waals surface area contributed by atoms with Crippen LogP contribution in [0.15, 0.2) is 174 Å². The van der Waals surface area contributed by atoms with Crippen molar-refractivity contribution in [1.29, 1.82) is 0 Å². The van der Waals surface area contributed by atoms with E-state index in [1.807, 2.05) is 17.9 Å². The van der Waals surface area contributed by atoms with Gasteiger partial charge in [-0.05, 0) is 0 Å². The van der Waals surface area contributed by atoms with Gasteiger partial charge < -0.3 is 0 Å². The molecule has 0 amide bonds. The number of hydrogen-bond acceptors (Lipinski definition) is 0. The fraction of sp³-hybridized carbons (Fsp3) is 0.114. The van der Waals surface area contributed by atoms with Gasteiger partial charge in [0.1, 0.15) is 0 Å². The minimum absolute atomic E-state index is 1.10. The summed E-state index contributed by atoms with van der Waals surface area (Å²) in [5.74, 6) is 0. The van der Waals surface area contributed by atoms with Gasteiger partial charge in [-0.3, -0.25) is 0 Å². The van der Waals surface area contributed by atoms with Crippen molar-refractivity contribution < 1.29 is 17.9 Å². The van der Waals surface area contributed by atoms with E-state index in [0.717, 1.165) is 12.8 Å². The van der Waals surface area contributed by atoms with E-state index in [4.69, 9.17) is 0 Å². The molecule has 1 saturated carbocycles. The maximum absolute atomic E-state index is 3.88. The van der Waals surface area contributed by atoms with E-state index in [0.29, 0.717) is 0 Å². The molecule has 0 atom stereocenters. The quantitative estimate of drug-likeness (QED) is 0.109. The molecule has 0 radical (unpaired) electrons. The molecule has 0 nitrogen and oxygen atoms in total. The Hall–Kier alpha value is -4.09. The van der Waals surface area contributed by atoms with Crippen molar-refractivity contribution in [3.05, 3.63) is 185 Å². The first-order chi connectivity index (χ1) is 22.7. The Morgan fingerprint density at radius 1 is 0.609 bits per heavy atom. The molecular formula is C44H39OsP+. The number of hydrogen-bond donors (Lipinski definition) is 0. The third kappa shape index (κ3) is 6.30. The topological polar surface area (TPSA) is 0 Å². The second kappa shape index (κ2) is 15.0. The van der Waals surface area contributed by atoms with E-state index >= 15 is 0 Å². The Bertz CT molecular complexity index is 1920. The summed E-state index contributed by atoms with van der Waals surface area (Å²) in [5.41, 5.74) is 6.61. The fourth-order valence-electron chi connectivity index (χ4n) is 6.76. The molecule has 0 spiro atoms. The monoisotopic (exact) mass is 790 g/mol. The number of benzene rings is 5. The van der Waals surface area contributed by atoms with Crippen molar-refractivity contribution in [2.24, 2.45) is 0 Å². The third-order valence-corrected chi connectivity index (χ3v) is 14.3. The number of fused-ring (bicyclic) bond motifs is 1. The van der Waals surface area contributed by atoms with Crippen molar-refractivity contribution in [3.8, 4) is 4.37 Å². The van der Waals surface area contributed by atoms with Gasteiger partial charge in [0.05, 0.1) is 0 Å². The van der Waals surface area contributed by atoms with Crippen molar-refractivity contribution in [1.82, 2.24) is 0 Å². The predicted octanol–water partition coefficient (Wildman–Crippen LogP) is 10.7. The average Bonchev–Trinajstić information content (AvgIpc) is 3.58. The molecule has 0 unspecified atom stereocenters. The minimum atomic E-state index is -2.34. The van der Waals surface area contributed by atoms with Gasteiger partial charge in [-0.1, -0.05) is 0 Å². The van der Waals surface area contributed by atoms with E-state index in [2.05, 4.69) is 182 Å². The van der Waals surface area contributed by atoms with Crippen LogP contribution in [0.1, 0.15) is 44.2 Å². The van der Waals surface area contributed by atoms with E-state index in [1.54, 1.807) is 0 Å². The van der Waals surface area contributed by atoms with E-state index < -0.39 is 7.26 Å². The van der Waals surface area contributed by atoms with Crippen molar-refractivity contribution >= 4 is 46.1 Å². The molecule has 5 aromatic rings. The van der Waals surface area contributed by atoms with Crippen LogP contribution in [0.3, 0.4) is 0 Å². The first-order valence-corrected chi connectivity index (χ1v) is 19.1. The molecule has 5 aromatic carbocycles. The summed E-state index contributed by atoms with van der Waals surface area (Å²) in [6.45, 7) is 4.26. The van der Waals surface area contributed by atoms with Crippen molar-refractivity contribution in [3.63, 3.8) is 0 Å². The van der Waals surface area contributed by atoms with Gasteiger partial charge in [0.25, 0.3) is 0 Å². The number of rotatable bonds is 8. The van der Waals surface area contributed by atoms with Crippen LogP contribution in [0.25, 0.3) is 22.9 Å². The van der Waals surface area contributed by atoms with Crippen LogP contribution in [0.2, 0.25) is 0 Å². The van der Waals surface area contributed by atoms with Crippen LogP contribution in [-0.4, -0.2) is 0 Å². The fourth-order valence-corrected chi connectivity index (χ4v) is 12.6. The van der Waals surface area contributed by atoms with Gasteiger partial charge in [0.2, 0.25) is 0 Å². The predicted molar refractivity (Wildman–Crippen MR) is 199 cm³/mol. The molecule has 0 saturated heterocycles. The van der Waals surface area contributed by atoms with Crippen LogP contribution in [0, 0.1) is 4.37 Å². The molecular weight excluding hydrogens is 750 g/mol. The van der Waals surface area contributed by atoms with Gasteiger partial charge >= 0.3 is 286 Å². The van der Waals surface area contributed by atoms with Gasteiger partial charge in [0, 0.05) is 0 Å². The molecule has 1 aliphatic rings. The summed E-state index contributed by atoms with van der Waals surface area (Å²) < 4.78 is 3.88. The standard InChI is InChI=1S/C44H39P.Os/c1-4-18-36-29-30-37(44-28-16-15-27-43(36)44)31-32-38(33-39-20-17-19-35(39)5-2)34(3)45(40-21-9-6-10-22-40,41-23-11-7-12-24-41)42-25-13-8-14-26-42;/h4-16,18,21-33H,17,19-20H2,1-2H3;/q+1;/b18-4+,32-31+,35-5?,38-34?,39-33?;. The molecule has 46 heavy (non-hydrogen) atoms. The van der Waals surface area contributed by atoms with Gasteiger partial charge in [0.15, 0.2) is 0 Å². The summed E-state index contributed by atoms with van der Waals surface area (Å²) >= 11 is 1.85. The van der Waals surface area contributed by atoms with E-state index in [9.17, 15) is 0 Å².